The molecule has 1 aromatic carbocycles. The molecule has 0 amide bonds. The molecule has 0 aliphatic heterocycles. The van der Waals surface area contributed by atoms with Crippen molar-refractivity contribution in [3.63, 3.8) is 0 Å². The van der Waals surface area contributed by atoms with Crippen LogP contribution < -0.4 is 10.1 Å². The number of benzene rings is 1. The number of hydrogen-bond donors (Lipinski definition) is 2. The van der Waals surface area contributed by atoms with E-state index in [0.29, 0.717) is 0 Å². The molecule has 0 saturated heterocycles. The number of ether oxygens (including phenoxy) is 1. The van der Waals surface area contributed by atoms with E-state index in [0.717, 1.165) is 48.0 Å². The molecular formula is C19H23N3O2. The van der Waals surface area contributed by atoms with Crippen molar-refractivity contribution in [1.29, 1.82) is 0 Å². The number of hydrogen-bond acceptors (Lipinski definition) is 4. The molecule has 24 heavy (non-hydrogen) atoms. The molecule has 2 N–H and O–H groups in total. The summed E-state index contributed by atoms with van der Waals surface area (Å²) >= 11 is 0. The molecule has 0 unspecified atom stereocenters. The first-order valence-electron chi connectivity index (χ1n) is 8.10. The van der Waals surface area contributed by atoms with E-state index in [1.807, 2.05) is 31.3 Å². The van der Waals surface area contributed by atoms with Gasteiger partial charge in [0.2, 0.25) is 0 Å². The fourth-order valence-corrected chi connectivity index (χ4v) is 2.78. The first-order chi connectivity index (χ1) is 11.7. The summed E-state index contributed by atoms with van der Waals surface area (Å²) in [4.78, 5) is 0. The SMILES string of the molecule is COc1ccc(C)cc1CCNCc1cn[nH]c1-c1ccc(C)o1. The van der Waals surface area contributed by atoms with E-state index < -0.39 is 0 Å². The summed E-state index contributed by atoms with van der Waals surface area (Å²) in [5.74, 6) is 2.66. The van der Waals surface area contributed by atoms with Crippen LogP contribution in [0.1, 0.15) is 22.5 Å². The molecular weight excluding hydrogens is 302 g/mol. The topological polar surface area (TPSA) is 63.1 Å². The maximum Gasteiger partial charge on any atom is 0.152 e. The average molecular weight is 325 g/mol. The number of furan rings is 1. The molecule has 3 rings (SSSR count). The molecule has 0 bridgehead atoms. The summed E-state index contributed by atoms with van der Waals surface area (Å²) in [6, 6.07) is 10.2. The molecule has 0 radical (unpaired) electrons. The summed E-state index contributed by atoms with van der Waals surface area (Å²) in [5, 5.41) is 10.6. The maximum absolute atomic E-state index is 5.67. The van der Waals surface area contributed by atoms with Gasteiger partial charge in [0, 0.05) is 12.1 Å². The van der Waals surface area contributed by atoms with E-state index in [1.165, 1.54) is 11.1 Å². The van der Waals surface area contributed by atoms with Crippen LogP contribution in [-0.4, -0.2) is 23.9 Å². The van der Waals surface area contributed by atoms with E-state index >= 15 is 0 Å². The van der Waals surface area contributed by atoms with Crippen molar-refractivity contribution in [2.45, 2.75) is 26.8 Å². The maximum atomic E-state index is 5.67. The summed E-state index contributed by atoms with van der Waals surface area (Å²) in [5.41, 5.74) is 4.50. The van der Waals surface area contributed by atoms with Gasteiger partial charge < -0.3 is 14.5 Å². The lowest BCUT2D eigenvalue weighted by atomic mass is 10.1. The van der Waals surface area contributed by atoms with E-state index in [4.69, 9.17) is 9.15 Å². The second-order valence-corrected chi connectivity index (χ2v) is 5.92. The number of rotatable bonds is 7. The highest BCUT2D eigenvalue weighted by molar-refractivity contribution is 5.56. The Hall–Kier alpha value is -2.53. The number of H-pyrrole nitrogens is 1. The van der Waals surface area contributed by atoms with Gasteiger partial charge in [0.25, 0.3) is 0 Å². The summed E-state index contributed by atoms with van der Waals surface area (Å²) in [6.45, 7) is 5.63. The fraction of sp³-hybridized carbons (Fsp3) is 0.316. The van der Waals surface area contributed by atoms with Gasteiger partial charge in [-0.15, -0.1) is 0 Å². The lowest BCUT2D eigenvalue weighted by molar-refractivity contribution is 0.409. The van der Waals surface area contributed by atoms with Crippen molar-refractivity contribution in [1.82, 2.24) is 15.5 Å². The standard InChI is InChI=1S/C19H23N3O2/c1-13-4-6-17(23-3)15(10-13)8-9-20-11-16-12-21-22-19(16)18-7-5-14(2)24-18/h4-7,10,12,20H,8-9,11H2,1-3H3,(H,21,22). The Balaban J connectivity index is 1.58. The number of nitrogens with zero attached hydrogens (tertiary/aromatic N) is 1. The van der Waals surface area contributed by atoms with E-state index in [1.54, 1.807) is 7.11 Å². The predicted molar refractivity (Wildman–Crippen MR) is 94.2 cm³/mol. The summed E-state index contributed by atoms with van der Waals surface area (Å²) in [6.07, 6.45) is 2.76. The van der Waals surface area contributed by atoms with Gasteiger partial charge in [0.15, 0.2) is 5.76 Å². The highest BCUT2D eigenvalue weighted by Crippen LogP contribution is 2.23. The minimum absolute atomic E-state index is 0.736. The monoisotopic (exact) mass is 325 g/mol. The minimum atomic E-state index is 0.736. The summed E-state index contributed by atoms with van der Waals surface area (Å²) < 4.78 is 11.1. The molecule has 0 atom stereocenters. The van der Waals surface area contributed by atoms with Crippen molar-refractivity contribution < 1.29 is 9.15 Å². The minimum Gasteiger partial charge on any atom is -0.496 e. The molecule has 0 aliphatic carbocycles. The molecule has 3 aromatic rings. The van der Waals surface area contributed by atoms with Crippen LogP contribution in [-0.2, 0) is 13.0 Å². The normalized spacial score (nSPS) is 11.0. The van der Waals surface area contributed by atoms with Gasteiger partial charge in [-0.2, -0.15) is 5.10 Å². The number of aromatic amines is 1. The Bertz CT molecular complexity index is 805. The quantitative estimate of drug-likeness (QED) is 0.651. The van der Waals surface area contributed by atoms with Gasteiger partial charge in [-0.3, -0.25) is 5.10 Å². The van der Waals surface area contributed by atoms with Crippen LogP contribution in [0.3, 0.4) is 0 Å². The number of nitrogens with one attached hydrogen (secondary N) is 2. The van der Waals surface area contributed by atoms with E-state index in [9.17, 15) is 0 Å². The second kappa shape index (κ2) is 7.36. The molecule has 0 saturated carbocycles. The van der Waals surface area contributed by atoms with Crippen LogP contribution in [0.25, 0.3) is 11.5 Å². The van der Waals surface area contributed by atoms with Crippen LogP contribution in [0, 0.1) is 13.8 Å². The zero-order valence-electron chi connectivity index (χ0n) is 14.3. The second-order valence-electron chi connectivity index (χ2n) is 5.92. The molecule has 0 spiro atoms. The van der Waals surface area contributed by atoms with Crippen molar-refractivity contribution in [3.8, 4) is 17.2 Å². The lowest BCUT2D eigenvalue weighted by Gasteiger charge is -2.10. The third kappa shape index (κ3) is 3.68. The molecule has 0 aliphatic rings. The molecule has 126 valence electrons. The van der Waals surface area contributed by atoms with E-state index in [-0.39, 0.29) is 0 Å². The van der Waals surface area contributed by atoms with Crippen LogP contribution >= 0.6 is 0 Å². The van der Waals surface area contributed by atoms with Crippen molar-refractivity contribution in [2.24, 2.45) is 0 Å². The van der Waals surface area contributed by atoms with Gasteiger partial charge in [0.1, 0.15) is 17.2 Å². The Labute approximate surface area is 142 Å². The Morgan fingerprint density at radius 3 is 2.79 bits per heavy atom. The summed E-state index contributed by atoms with van der Waals surface area (Å²) in [7, 11) is 1.71. The third-order valence-corrected chi connectivity index (χ3v) is 4.03. The first-order valence-corrected chi connectivity index (χ1v) is 8.10. The highest BCUT2D eigenvalue weighted by Gasteiger charge is 2.11. The van der Waals surface area contributed by atoms with Crippen LogP contribution in [0.2, 0.25) is 0 Å². The molecule has 2 aromatic heterocycles. The van der Waals surface area contributed by atoms with Gasteiger partial charge in [-0.1, -0.05) is 17.7 Å². The smallest absolute Gasteiger partial charge is 0.152 e. The number of aryl methyl sites for hydroxylation is 2. The molecule has 5 heteroatoms. The molecule has 0 fully saturated rings. The van der Waals surface area contributed by atoms with Crippen LogP contribution in [0.4, 0.5) is 0 Å². The molecule has 2 heterocycles. The van der Waals surface area contributed by atoms with E-state index in [2.05, 4.69) is 34.6 Å². The Morgan fingerprint density at radius 2 is 2.04 bits per heavy atom. The van der Waals surface area contributed by atoms with Crippen LogP contribution in [0.5, 0.6) is 5.75 Å². The number of methoxy groups -OCH3 is 1. The largest absolute Gasteiger partial charge is 0.496 e. The highest BCUT2D eigenvalue weighted by atomic mass is 16.5. The van der Waals surface area contributed by atoms with Crippen molar-refractivity contribution >= 4 is 0 Å². The van der Waals surface area contributed by atoms with Crippen molar-refractivity contribution in [2.75, 3.05) is 13.7 Å². The molecule has 5 nitrogen and oxygen atoms in total. The zero-order chi connectivity index (χ0) is 16.9. The lowest BCUT2D eigenvalue weighted by Crippen LogP contribution is -2.17. The third-order valence-electron chi connectivity index (χ3n) is 4.03. The van der Waals surface area contributed by atoms with Gasteiger partial charge in [0.05, 0.1) is 13.3 Å². The van der Waals surface area contributed by atoms with Gasteiger partial charge in [-0.25, -0.2) is 0 Å². The van der Waals surface area contributed by atoms with Crippen LogP contribution in [0.15, 0.2) is 40.9 Å². The van der Waals surface area contributed by atoms with Gasteiger partial charge >= 0.3 is 0 Å². The fourth-order valence-electron chi connectivity index (χ4n) is 2.78. The zero-order valence-corrected chi connectivity index (χ0v) is 14.3. The predicted octanol–water partition coefficient (Wildman–Crippen LogP) is 3.63. The Kier molecular flexibility index (Phi) is 5.01. The average Bonchev–Trinajstić information content (AvgIpc) is 3.20. The van der Waals surface area contributed by atoms with Gasteiger partial charge in [-0.05, 0) is 50.6 Å². The van der Waals surface area contributed by atoms with Crippen molar-refractivity contribution in [3.05, 3.63) is 59.0 Å². The first kappa shape index (κ1) is 16.3. The number of aromatic nitrogens is 2. The Morgan fingerprint density at radius 1 is 1.17 bits per heavy atom.